The molecule has 0 atom stereocenters. The Morgan fingerprint density at radius 3 is 2.61 bits per heavy atom. The fourth-order valence-corrected chi connectivity index (χ4v) is 2.81. The minimum Gasteiger partial charge on any atom is -0.378 e. The van der Waals surface area contributed by atoms with Gasteiger partial charge in [-0.05, 0) is 12.1 Å². The highest BCUT2D eigenvalue weighted by Gasteiger charge is 2.17. The zero-order chi connectivity index (χ0) is 15.8. The molecule has 23 heavy (non-hydrogen) atoms. The largest absolute Gasteiger partial charge is 0.378 e. The Labute approximate surface area is 130 Å². The predicted molar refractivity (Wildman–Crippen MR) is 85.3 cm³/mol. The van der Waals surface area contributed by atoms with E-state index in [9.17, 15) is 9.59 Å². The SMILES string of the molecule is O=c1[nH]c2cc(-n3ccnc3)cc(N3CCOCC3)c2[nH]c1=O. The molecule has 3 aromatic rings. The molecule has 0 unspecified atom stereocenters. The first-order valence-electron chi connectivity index (χ1n) is 7.34. The third-order valence-corrected chi connectivity index (χ3v) is 3.95. The standard InChI is InChI=1S/C15H15N5O3/c21-14-15(22)18-13-11(17-14)7-10(20-2-1-16-9-20)8-12(13)19-3-5-23-6-4-19/h1-2,7-9H,3-6H2,(H,17,21)(H,18,22). The van der Waals surface area contributed by atoms with E-state index < -0.39 is 11.1 Å². The molecule has 8 nitrogen and oxygen atoms in total. The van der Waals surface area contributed by atoms with Crippen LogP contribution >= 0.6 is 0 Å². The van der Waals surface area contributed by atoms with E-state index in [0.717, 1.165) is 24.5 Å². The maximum Gasteiger partial charge on any atom is 0.314 e. The molecule has 0 spiro atoms. The normalized spacial score (nSPS) is 15.2. The van der Waals surface area contributed by atoms with Crippen LogP contribution in [0, 0.1) is 0 Å². The van der Waals surface area contributed by atoms with Gasteiger partial charge in [-0.3, -0.25) is 9.59 Å². The predicted octanol–water partition coefficient (Wildman–Crippen LogP) is 0.239. The van der Waals surface area contributed by atoms with Crippen molar-refractivity contribution in [2.45, 2.75) is 0 Å². The molecule has 2 N–H and O–H groups in total. The zero-order valence-corrected chi connectivity index (χ0v) is 12.3. The van der Waals surface area contributed by atoms with E-state index >= 15 is 0 Å². The summed E-state index contributed by atoms with van der Waals surface area (Å²) in [7, 11) is 0. The number of nitrogens with zero attached hydrogens (tertiary/aromatic N) is 3. The number of H-pyrrole nitrogens is 2. The molecule has 1 aromatic carbocycles. The molecule has 1 aliphatic rings. The van der Waals surface area contributed by atoms with Gasteiger partial charge < -0.3 is 24.2 Å². The molecule has 1 aliphatic heterocycles. The summed E-state index contributed by atoms with van der Waals surface area (Å²) in [5.74, 6) is 0. The van der Waals surface area contributed by atoms with Crippen LogP contribution in [0.2, 0.25) is 0 Å². The highest BCUT2D eigenvalue weighted by atomic mass is 16.5. The van der Waals surface area contributed by atoms with Gasteiger partial charge in [0.1, 0.15) is 0 Å². The average molecular weight is 313 g/mol. The summed E-state index contributed by atoms with van der Waals surface area (Å²) >= 11 is 0. The van der Waals surface area contributed by atoms with Crippen molar-refractivity contribution in [2.24, 2.45) is 0 Å². The van der Waals surface area contributed by atoms with Crippen LogP contribution in [0.1, 0.15) is 0 Å². The van der Waals surface area contributed by atoms with Gasteiger partial charge in [0.15, 0.2) is 0 Å². The third-order valence-electron chi connectivity index (χ3n) is 3.95. The number of benzene rings is 1. The molecule has 8 heteroatoms. The monoisotopic (exact) mass is 313 g/mol. The lowest BCUT2D eigenvalue weighted by molar-refractivity contribution is 0.123. The summed E-state index contributed by atoms with van der Waals surface area (Å²) in [6.45, 7) is 2.71. The number of aromatic nitrogens is 4. The van der Waals surface area contributed by atoms with Gasteiger partial charge in [0.25, 0.3) is 0 Å². The Bertz CT molecular complexity index is 951. The molecule has 2 aromatic heterocycles. The van der Waals surface area contributed by atoms with E-state index in [1.807, 2.05) is 22.9 Å². The summed E-state index contributed by atoms with van der Waals surface area (Å²) in [5.41, 5.74) is 1.63. The molecule has 4 rings (SSSR count). The van der Waals surface area contributed by atoms with Crippen LogP contribution in [0.25, 0.3) is 16.7 Å². The lowest BCUT2D eigenvalue weighted by atomic mass is 10.2. The Morgan fingerprint density at radius 1 is 1.09 bits per heavy atom. The Morgan fingerprint density at radius 2 is 1.87 bits per heavy atom. The van der Waals surface area contributed by atoms with Gasteiger partial charge in [0, 0.05) is 25.5 Å². The van der Waals surface area contributed by atoms with Crippen LogP contribution in [0.5, 0.6) is 0 Å². The molecule has 0 bridgehead atoms. The van der Waals surface area contributed by atoms with E-state index in [-0.39, 0.29) is 0 Å². The first kappa shape index (κ1) is 13.8. The fourth-order valence-electron chi connectivity index (χ4n) is 2.81. The van der Waals surface area contributed by atoms with Crippen LogP contribution < -0.4 is 16.0 Å². The van der Waals surface area contributed by atoms with Gasteiger partial charge in [-0.25, -0.2) is 4.98 Å². The molecule has 0 aliphatic carbocycles. The molecule has 1 fully saturated rings. The van der Waals surface area contributed by atoms with Crippen molar-refractivity contribution in [3.05, 3.63) is 51.6 Å². The molecule has 0 radical (unpaired) electrons. The van der Waals surface area contributed by atoms with E-state index in [4.69, 9.17) is 4.74 Å². The molecule has 0 saturated carbocycles. The molecular formula is C15H15N5O3. The van der Waals surface area contributed by atoms with E-state index in [0.29, 0.717) is 24.2 Å². The smallest absolute Gasteiger partial charge is 0.314 e. The quantitative estimate of drug-likeness (QED) is 0.661. The number of morpholine rings is 1. The van der Waals surface area contributed by atoms with Crippen molar-refractivity contribution >= 4 is 16.7 Å². The maximum atomic E-state index is 11.7. The number of hydrogen-bond donors (Lipinski definition) is 2. The Balaban J connectivity index is 1.98. The van der Waals surface area contributed by atoms with Crippen molar-refractivity contribution in [2.75, 3.05) is 31.2 Å². The average Bonchev–Trinajstić information content (AvgIpc) is 3.10. The summed E-state index contributed by atoms with van der Waals surface area (Å²) in [4.78, 5) is 34.9. The van der Waals surface area contributed by atoms with E-state index in [1.165, 1.54) is 0 Å². The van der Waals surface area contributed by atoms with Crippen molar-refractivity contribution in [1.82, 2.24) is 19.5 Å². The maximum absolute atomic E-state index is 11.7. The van der Waals surface area contributed by atoms with Gasteiger partial charge in [0.2, 0.25) is 0 Å². The number of fused-ring (bicyclic) bond motifs is 1. The number of rotatable bonds is 2. The lowest BCUT2D eigenvalue weighted by Crippen LogP contribution is -2.37. The van der Waals surface area contributed by atoms with Crippen LogP contribution in [0.15, 0.2) is 40.4 Å². The Kier molecular flexibility index (Phi) is 3.23. The molecule has 3 heterocycles. The van der Waals surface area contributed by atoms with Crippen LogP contribution in [-0.4, -0.2) is 45.8 Å². The first-order valence-corrected chi connectivity index (χ1v) is 7.34. The summed E-state index contributed by atoms with van der Waals surface area (Å²) < 4.78 is 7.25. The Hall–Kier alpha value is -2.87. The zero-order valence-electron chi connectivity index (χ0n) is 12.3. The van der Waals surface area contributed by atoms with Gasteiger partial charge >= 0.3 is 11.1 Å². The van der Waals surface area contributed by atoms with Crippen LogP contribution in [0.4, 0.5) is 5.69 Å². The second-order valence-electron chi connectivity index (χ2n) is 5.37. The lowest BCUT2D eigenvalue weighted by Gasteiger charge is -2.30. The van der Waals surface area contributed by atoms with E-state index in [2.05, 4.69) is 19.9 Å². The first-order chi connectivity index (χ1) is 11.2. The van der Waals surface area contributed by atoms with Gasteiger partial charge in [0.05, 0.1) is 41.9 Å². The van der Waals surface area contributed by atoms with Crippen molar-refractivity contribution in [1.29, 1.82) is 0 Å². The third kappa shape index (κ3) is 2.42. The number of imidazole rings is 1. The molecule has 1 saturated heterocycles. The number of anilines is 1. The van der Waals surface area contributed by atoms with Gasteiger partial charge in [-0.1, -0.05) is 0 Å². The van der Waals surface area contributed by atoms with Crippen molar-refractivity contribution < 1.29 is 4.74 Å². The minimum absolute atomic E-state index is 0.585. The highest BCUT2D eigenvalue weighted by molar-refractivity contribution is 5.90. The van der Waals surface area contributed by atoms with Crippen LogP contribution in [0.3, 0.4) is 0 Å². The van der Waals surface area contributed by atoms with Crippen LogP contribution in [-0.2, 0) is 4.74 Å². The fraction of sp³-hybridized carbons (Fsp3) is 0.267. The molecule has 118 valence electrons. The summed E-state index contributed by atoms with van der Waals surface area (Å²) in [6.07, 6.45) is 5.20. The van der Waals surface area contributed by atoms with Gasteiger partial charge in [-0.15, -0.1) is 0 Å². The van der Waals surface area contributed by atoms with Crippen molar-refractivity contribution in [3.63, 3.8) is 0 Å². The number of hydrogen-bond acceptors (Lipinski definition) is 5. The topological polar surface area (TPSA) is 96.0 Å². The number of aromatic amines is 2. The highest BCUT2D eigenvalue weighted by Crippen LogP contribution is 2.27. The second kappa shape index (κ2) is 5.40. The molecule has 0 amide bonds. The summed E-state index contributed by atoms with van der Waals surface area (Å²) in [6, 6.07) is 3.79. The minimum atomic E-state index is -0.659. The summed E-state index contributed by atoms with van der Waals surface area (Å²) in [5, 5.41) is 0. The molecular weight excluding hydrogens is 298 g/mol. The number of nitrogens with one attached hydrogen (secondary N) is 2. The van der Waals surface area contributed by atoms with Crippen molar-refractivity contribution in [3.8, 4) is 5.69 Å². The number of ether oxygens (including phenoxy) is 1. The second-order valence-corrected chi connectivity index (χ2v) is 5.37. The van der Waals surface area contributed by atoms with Gasteiger partial charge in [-0.2, -0.15) is 0 Å². The van der Waals surface area contributed by atoms with E-state index in [1.54, 1.807) is 12.5 Å².